The number of carbonyl (C=O) groups excluding carboxylic acids is 2. The summed E-state index contributed by atoms with van der Waals surface area (Å²) in [6, 6.07) is 7.42. The zero-order valence-electron chi connectivity index (χ0n) is 9.82. The smallest absolute Gasteiger partial charge is 0.271 e. The number of aromatic amines is 1. The molecule has 0 radical (unpaired) electrons. The van der Waals surface area contributed by atoms with Gasteiger partial charge in [-0.1, -0.05) is 18.2 Å². The summed E-state index contributed by atoms with van der Waals surface area (Å²) in [5, 5.41) is 0.802. The van der Waals surface area contributed by atoms with Crippen molar-refractivity contribution >= 4 is 22.7 Å². The van der Waals surface area contributed by atoms with E-state index in [1.54, 1.807) is 6.20 Å². The number of rotatable bonds is 3. The van der Waals surface area contributed by atoms with Crippen LogP contribution in [0.2, 0.25) is 0 Å². The Bertz CT molecular complexity index is 577. The Morgan fingerprint density at radius 1 is 1.28 bits per heavy atom. The van der Waals surface area contributed by atoms with Gasteiger partial charge >= 0.3 is 0 Å². The molecule has 0 fully saturated rings. The van der Waals surface area contributed by atoms with E-state index in [-0.39, 0.29) is 12.5 Å². The quantitative estimate of drug-likeness (QED) is 0.693. The normalized spacial score (nSPS) is 10.3. The van der Waals surface area contributed by atoms with Gasteiger partial charge in [-0.05, 0) is 6.07 Å². The topological polar surface area (TPSA) is 83.2 Å². The molecule has 1 aromatic carbocycles. The molecule has 94 valence electrons. The number of hydrazine groups is 1. The van der Waals surface area contributed by atoms with Crippen molar-refractivity contribution in [3.63, 3.8) is 0 Å². The predicted octanol–water partition coefficient (Wildman–Crippen LogP) is 0.575. The predicted molar refractivity (Wildman–Crippen MR) is 65.8 cm³/mol. The van der Waals surface area contributed by atoms with Crippen LogP contribution in [0.4, 0.5) is 0 Å². The van der Waals surface area contributed by atoms with Gasteiger partial charge in [0.2, 0.25) is 0 Å². The highest BCUT2D eigenvalue weighted by Crippen LogP contribution is 2.16. The molecule has 0 aliphatic carbocycles. The van der Waals surface area contributed by atoms with E-state index in [2.05, 4.69) is 20.6 Å². The molecular formula is C12H13N3O3. The first-order valence-electron chi connectivity index (χ1n) is 5.36. The molecule has 2 rings (SSSR count). The highest BCUT2D eigenvalue weighted by Gasteiger charge is 2.11. The number of carbonyl (C=O) groups is 2. The van der Waals surface area contributed by atoms with Crippen LogP contribution in [0.5, 0.6) is 0 Å². The Labute approximate surface area is 103 Å². The molecule has 0 atom stereocenters. The molecule has 0 spiro atoms. The average molecular weight is 247 g/mol. The minimum Gasteiger partial charge on any atom is -0.375 e. The lowest BCUT2D eigenvalue weighted by molar-refractivity contribution is -0.125. The first-order chi connectivity index (χ1) is 8.72. The molecule has 2 aromatic rings. The fourth-order valence-corrected chi connectivity index (χ4v) is 1.62. The van der Waals surface area contributed by atoms with E-state index in [0.717, 1.165) is 10.9 Å². The summed E-state index contributed by atoms with van der Waals surface area (Å²) >= 11 is 0. The lowest BCUT2D eigenvalue weighted by atomic mass is 10.2. The number of benzene rings is 1. The van der Waals surface area contributed by atoms with Gasteiger partial charge in [-0.25, -0.2) is 0 Å². The largest absolute Gasteiger partial charge is 0.375 e. The maximum absolute atomic E-state index is 11.8. The van der Waals surface area contributed by atoms with Crippen LogP contribution in [0.15, 0.2) is 30.5 Å². The Kier molecular flexibility index (Phi) is 3.59. The van der Waals surface area contributed by atoms with Crippen molar-refractivity contribution in [1.82, 2.24) is 15.8 Å². The third-order valence-electron chi connectivity index (χ3n) is 2.42. The zero-order valence-corrected chi connectivity index (χ0v) is 9.82. The summed E-state index contributed by atoms with van der Waals surface area (Å²) < 4.78 is 4.63. The molecule has 1 heterocycles. The van der Waals surface area contributed by atoms with Crippen molar-refractivity contribution in [3.05, 3.63) is 36.0 Å². The molecule has 1 aromatic heterocycles. The van der Waals surface area contributed by atoms with E-state index in [1.807, 2.05) is 24.3 Å². The van der Waals surface area contributed by atoms with Gasteiger partial charge in [0, 0.05) is 24.2 Å². The first-order valence-corrected chi connectivity index (χ1v) is 5.36. The van der Waals surface area contributed by atoms with Crippen LogP contribution in [0.1, 0.15) is 10.4 Å². The minimum atomic E-state index is -0.411. The second-order valence-corrected chi connectivity index (χ2v) is 3.68. The number of para-hydroxylation sites is 1. The van der Waals surface area contributed by atoms with Gasteiger partial charge in [0.1, 0.15) is 6.61 Å². The Morgan fingerprint density at radius 3 is 2.83 bits per heavy atom. The number of hydrogen-bond acceptors (Lipinski definition) is 3. The maximum Gasteiger partial charge on any atom is 0.271 e. The van der Waals surface area contributed by atoms with Crippen molar-refractivity contribution < 1.29 is 14.3 Å². The van der Waals surface area contributed by atoms with Crippen LogP contribution in [0.3, 0.4) is 0 Å². The SMILES string of the molecule is COCC(=O)NNC(=O)c1c[nH]c2ccccc12. The molecule has 6 nitrogen and oxygen atoms in total. The van der Waals surface area contributed by atoms with Gasteiger partial charge in [0.15, 0.2) is 0 Å². The number of fused-ring (bicyclic) bond motifs is 1. The number of hydrogen-bond donors (Lipinski definition) is 3. The lowest BCUT2D eigenvalue weighted by Gasteiger charge is -2.05. The van der Waals surface area contributed by atoms with E-state index in [4.69, 9.17) is 0 Å². The second kappa shape index (κ2) is 5.33. The highest BCUT2D eigenvalue weighted by atomic mass is 16.5. The first kappa shape index (κ1) is 12.1. The molecule has 0 saturated carbocycles. The number of H-pyrrole nitrogens is 1. The van der Waals surface area contributed by atoms with Gasteiger partial charge < -0.3 is 9.72 Å². The van der Waals surface area contributed by atoms with Crippen LogP contribution in [-0.4, -0.2) is 30.5 Å². The molecule has 2 amide bonds. The van der Waals surface area contributed by atoms with E-state index >= 15 is 0 Å². The maximum atomic E-state index is 11.8. The summed E-state index contributed by atoms with van der Waals surface area (Å²) in [5.41, 5.74) is 5.92. The standard InChI is InChI=1S/C12H13N3O3/c1-18-7-11(16)14-15-12(17)9-6-13-10-5-3-2-4-8(9)10/h2-6,13H,7H2,1H3,(H,14,16)(H,15,17). The van der Waals surface area contributed by atoms with E-state index in [9.17, 15) is 9.59 Å². The molecule has 6 heteroatoms. The molecular weight excluding hydrogens is 234 g/mol. The van der Waals surface area contributed by atoms with Crippen molar-refractivity contribution in [2.24, 2.45) is 0 Å². The fraction of sp³-hybridized carbons (Fsp3) is 0.167. The van der Waals surface area contributed by atoms with E-state index in [1.165, 1.54) is 7.11 Å². The summed E-state index contributed by atoms with van der Waals surface area (Å²) in [5.74, 6) is -0.789. The summed E-state index contributed by atoms with van der Waals surface area (Å²) in [7, 11) is 1.40. The van der Waals surface area contributed by atoms with Crippen LogP contribution >= 0.6 is 0 Å². The summed E-state index contributed by atoms with van der Waals surface area (Å²) in [6.07, 6.45) is 1.60. The van der Waals surface area contributed by atoms with E-state index < -0.39 is 5.91 Å². The summed E-state index contributed by atoms with van der Waals surface area (Å²) in [6.45, 7) is -0.103. The zero-order chi connectivity index (χ0) is 13.0. The Morgan fingerprint density at radius 2 is 2.06 bits per heavy atom. The van der Waals surface area contributed by atoms with Gasteiger partial charge in [-0.15, -0.1) is 0 Å². The minimum absolute atomic E-state index is 0.103. The third kappa shape index (κ3) is 2.49. The van der Waals surface area contributed by atoms with Crippen LogP contribution < -0.4 is 10.9 Å². The number of nitrogens with one attached hydrogen (secondary N) is 3. The molecule has 3 N–H and O–H groups in total. The molecule has 0 unspecified atom stereocenters. The van der Waals surface area contributed by atoms with Gasteiger partial charge in [-0.3, -0.25) is 20.4 Å². The van der Waals surface area contributed by atoms with Crippen LogP contribution in [-0.2, 0) is 9.53 Å². The van der Waals surface area contributed by atoms with Gasteiger partial charge in [0.05, 0.1) is 5.56 Å². The van der Waals surface area contributed by atoms with Crippen LogP contribution in [0, 0.1) is 0 Å². The van der Waals surface area contributed by atoms with Crippen molar-refractivity contribution in [3.8, 4) is 0 Å². The van der Waals surface area contributed by atoms with Crippen molar-refractivity contribution in [2.45, 2.75) is 0 Å². The van der Waals surface area contributed by atoms with Crippen molar-refractivity contribution in [1.29, 1.82) is 0 Å². The highest BCUT2D eigenvalue weighted by molar-refractivity contribution is 6.07. The molecule has 0 aliphatic heterocycles. The van der Waals surface area contributed by atoms with E-state index in [0.29, 0.717) is 5.56 Å². The van der Waals surface area contributed by atoms with Crippen molar-refractivity contribution in [2.75, 3.05) is 13.7 Å². The number of amides is 2. The molecule has 0 bridgehead atoms. The monoisotopic (exact) mass is 247 g/mol. The van der Waals surface area contributed by atoms with Gasteiger partial charge in [0.25, 0.3) is 11.8 Å². The van der Waals surface area contributed by atoms with Gasteiger partial charge in [-0.2, -0.15) is 0 Å². The molecule has 0 saturated heterocycles. The summed E-state index contributed by atoms with van der Waals surface area (Å²) in [4.78, 5) is 25.9. The number of ether oxygens (including phenoxy) is 1. The number of aromatic nitrogens is 1. The lowest BCUT2D eigenvalue weighted by Crippen LogP contribution is -2.43. The molecule has 0 aliphatic rings. The Hall–Kier alpha value is -2.34. The number of methoxy groups -OCH3 is 1. The second-order valence-electron chi connectivity index (χ2n) is 3.68. The van der Waals surface area contributed by atoms with Crippen LogP contribution in [0.25, 0.3) is 10.9 Å². The third-order valence-corrected chi connectivity index (χ3v) is 2.42. The average Bonchev–Trinajstić information content (AvgIpc) is 2.80. The fourth-order valence-electron chi connectivity index (χ4n) is 1.62. The molecule has 18 heavy (non-hydrogen) atoms. The Balaban J connectivity index is 2.07.